The molecule has 1 atom stereocenters. The summed E-state index contributed by atoms with van der Waals surface area (Å²) in [5.41, 5.74) is 6.63. The minimum atomic E-state index is -0.274. The van der Waals surface area contributed by atoms with Gasteiger partial charge in [-0.05, 0) is 30.5 Å². The summed E-state index contributed by atoms with van der Waals surface area (Å²) in [4.78, 5) is 0. The Hall–Kier alpha value is -1.35. The van der Waals surface area contributed by atoms with Gasteiger partial charge in [0.1, 0.15) is 17.2 Å². The average Bonchev–Trinajstić information content (AvgIpc) is 2.95. The molecule has 0 saturated heterocycles. The molecule has 1 aromatic heterocycles. The molecular formula is C13H14FNO. The highest BCUT2D eigenvalue weighted by molar-refractivity contribution is 5.77. The minimum absolute atomic E-state index is 0.0528. The van der Waals surface area contributed by atoms with E-state index < -0.39 is 0 Å². The first-order valence-corrected chi connectivity index (χ1v) is 5.67. The van der Waals surface area contributed by atoms with E-state index in [4.69, 9.17) is 10.2 Å². The summed E-state index contributed by atoms with van der Waals surface area (Å²) in [5.74, 6) is 1.26. The smallest absolute Gasteiger partial charge is 0.137 e. The van der Waals surface area contributed by atoms with E-state index in [0.717, 1.165) is 23.5 Å². The van der Waals surface area contributed by atoms with Gasteiger partial charge in [0.15, 0.2) is 0 Å². The number of furan rings is 1. The fourth-order valence-electron chi connectivity index (χ4n) is 2.04. The monoisotopic (exact) mass is 219 g/mol. The second-order valence-corrected chi connectivity index (χ2v) is 4.62. The number of halogens is 1. The Labute approximate surface area is 93.2 Å². The summed E-state index contributed by atoms with van der Waals surface area (Å²) in [7, 11) is 0. The molecule has 0 radical (unpaired) electrons. The van der Waals surface area contributed by atoms with Gasteiger partial charge in [-0.2, -0.15) is 0 Å². The second kappa shape index (κ2) is 3.59. The molecule has 3 heteroatoms. The number of benzene rings is 1. The Balaban J connectivity index is 1.91. The van der Waals surface area contributed by atoms with Crippen LogP contribution in [-0.4, -0.2) is 0 Å². The van der Waals surface area contributed by atoms with Crippen molar-refractivity contribution < 1.29 is 8.81 Å². The Bertz CT molecular complexity index is 516. The van der Waals surface area contributed by atoms with Crippen molar-refractivity contribution in [3.63, 3.8) is 0 Å². The van der Waals surface area contributed by atoms with Gasteiger partial charge in [0.2, 0.25) is 0 Å². The quantitative estimate of drug-likeness (QED) is 0.859. The van der Waals surface area contributed by atoms with Crippen molar-refractivity contribution in [2.45, 2.75) is 25.3 Å². The molecule has 1 aliphatic carbocycles. The fourth-order valence-corrected chi connectivity index (χ4v) is 2.04. The molecule has 0 bridgehead atoms. The van der Waals surface area contributed by atoms with Crippen molar-refractivity contribution in [1.82, 2.24) is 0 Å². The third-order valence-electron chi connectivity index (χ3n) is 3.15. The van der Waals surface area contributed by atoms with Crippen LogP contribution < -0.4 is 5.73 Å². The van der Waals surface area contributed by atoms with Crippen LogP contribution in [0.3, 0.4) is 0 Å². The van der Waals surface area contributed by atoms with Crippen molar-refractivity contribution in [3.8, 4) is 0 Å². The Morgan fingerprint density at radius 2 is 2.19 bits per heavy atom. The standard InChI is InChI=1S/C13H14FNO/c14-10-4-3-9-6-13(16-12(9)7-10)11(15)5-8-1-2-8/h3-4,6-8,11H,1-2,5,15H2/t11-/m1/s1. The van der Waals surface area contributed by atoms with Crippen LogP contribution in [-0.2, 0) is 0 Å². The van der Waals surface area contributed by atoms with Gasteiger partial charge in [0.05, 0.1) is 6.04 Å². The lowest BCUT2D eigenvalue weighted by Gasteiger charge is -2.06. The summed E-state index contributed by atoms with van der Waals surface area (Å²) in [6.45, 7) is 0. The van der Waals surface area contributed by atoms with E-state index in [1.54, 1.807) is 6.07 Å². The summed E-state index contributed by atoms with van der Waals surface area (Å²) >= 11 is 0. The molecule has 0 spiro atoms. The number of nitrogens with two attached hydrogens (primary N) is 1. The minimum Gasteiger partial charge on any atom is -0.459 e. The van der Waals surface area contributed by atoms with Crippen LogP contribution in [0, 0.1) is 11.7 Å². The molecule has 3 rings (SSSR count). The van der Waals surface area contributed by atoms with Crippen molar-refractivity contribution >= 4 is 11.0 Å². The Morgan fingerprint density at radius 3 is 2.94 bits per heavy atom. The van der Waals surface area contributed by atoms with Gasteiger partial charge in [0.25, 0.3) is 0 Å². The number of fused-ring (bicyclic) bond motifs is 1. The maximum absolute atomic E-state index is 13.0. The first-order chi connectivity index (χ1) is 7.72. The van der Waals surface area contributed by atoms with E-state index in [0.29, 0.717) is 5.58 Å². The van der Waals surface area contributed by atoms with Gasteiger partial charge in [-0.15, -0.1) is 0 Å². The first-order valence-electron chi connectivity index (χ1n) is 5.67. The van der Waals surface area contributed by atoms with Crippen molar-refractivity contribution in [2.75, 3.05) is 0 Å². The van der Waals surface area contributed by atoms with Gasteiger partial charge in [-0.25, -0.2) is 4.39 Å². The molecule has 1 aromatic carbocycles. The molecule has 2 nitrogen and oxygen atoms in total. The molecule has 2 N–H and O–H groups in total. The summed E-state index contributed by atoms with van der Waals surface area (Å²) in [5, 5.41) is 0.919. The molecule has 84 valence electrons. The van der Waals surface area contributed by atoms with Crippen molar-refractivity contribution in [2.24, 2.45) is 11.7 Å². The van der Waals surface area contributed by atoms with Gasteiger partial charge in [-0.1, -0.05) is 12.8 Å². The van der Waals surface area contributed by atoms with Crippen LogP contribution in [0.5, 0.6) is 0 Å². The molecule has 1 fully saturated rings. The second-order valence-electron chi connectivity index (χ2n) is 4.62. The lowest BCUT2D eigenvalue weighted by molar-refractivity contribution is 0.462. The van der Waals surface area contributed by atoms with E-state index >= 15 is 0 Å². The predicted molar refractivity (Wildman–Crippen MR) is 60.4 cm³/mol. The molecule has 0 aliphatic heterocycles. The fraction of sp³-hybridized carbons (Fsp3) is 0.385. The predicted octanol–water partition coefficient (Wildman–Crippen LogP) is 3.37. The molecule has 0 amide bonds. The highest BCUT2D eigenvalue weighted by Gasteiger charge is 2.25. The average molecular weight is 219 g/mol. The Morgan fingerprint density at radius 1 is 1.38 bits per heavy atom. The highest BCUT2D eigenvalue weighted by Crippen LogP contribution is 2.37. The lowest BCUT2D eigenvalue weighted by Crippen LogP contribution is -2.09. The topological polar surface area (TPSA) is 39.2 Å². The first kappa shape index (κ1) is 9.85. The van der Waals surface area contributed by atoms with Crippen LogP contribution >= 0.6 is 0 Å². The van der Waals surface area contributed by atoms with Gasteiger partial charge in [0, 0.05) is 11.5 Å². The van der Waals surface area contributed by atoms with Gasteiger partial charge >= 0.3 is 0 Å². The number of rotatable bonds is 3. The summed E-state index contributed by atoms with van der Waals surface area (Å²) in [6.07, 6.45) is 3.54. The van der Waals surface area contributed by atoms with E-state index in [9.17, 15) is 4.39 Å². The summed E-state index contributed by atoms with van der Waals surface area (Å²) < 4.78 is 18.6. The molecular weight excluding hydrogens is 205 g/mol. The van der Waals surface area contributed by atoms with Crippen LogP contribution in [0.1, 0.15) is 31.1 Å². The summed E-state index contributed by atoms with van der Waals surface area (Å²) in [6, 6.07) is 6.43. The Kier molecular flexibility index (Phi) is 2.21. The van der Waals surface area contributed by atoms with Crippen LogP contribution in [0.4, 0.5) is 4.39 Å². The third kappa shape index (κ3) is 1.83. The lowest BCUT2D eigenvalue weighted by atomic mass is 10.1. The number of hydrogen-bond acceptors (Lipinski definition) is 2. The van der Waals surface area contributed by atoms with E-state index in [2.05, 4.69) is 0 Å². The third-order valence-corrected chi connectivity index (χ3v) is 3.15. The molecule has 0 unspecified atom stereocenters. The maximum Gasteiger partial charge on any atom is 0.137 e. The number of hydrogen-bond donors (Lipinski definition) is 1. The zero-order valence-electron chi connectivity index (χ0n) is 8.95. The zero-order valence-corrected chi connectivity index (χ0v) is 8.95. The van der Waals surface area contributed by atoms with E-state index in [1.165, 1.54) is 25.0 Å². The van der Waals surface area contributed by atoms with E-state index in [1.807, 2.05) is 6.07 Å². The molecule has 2 aromatic rings. The van der Waals surface area contributed by atoms with Crippen LogP contribution in [0.25, 0.3) is 11.0 Å². The van der Waals surface area contributed by atoms with Gasteiger partial charge in [-0.3, -0.25) is 0 Å². The largest absolute Gasteiger partial charge is 0.459 e. The maximum atomic E-state index is 13.0. The highest BCUT2D eigenvalue weighted by atomic mass is 19.1. The van der Waals surface area contributed by atoms with Gasteiger partial charge < -0.3 is 10.2 Å². The molecule has 1 heterocycles. The zero-order chi connectivity index (χ0) is 11.1. The normalized spacial score (nSPS) is 17.9. The van der Waals surface area contributed by atoms with Crippen LogP contribution in [0.15, 0.2) is 28.7 Å². The van der Waals surface area contributed by atoms with Crippen molar-refractivity contribution in [1.29, 1.82) is 0 Å². The van der Waals surface area contributed by atoms with Crippen LogP contribution in [0.2, 0.25) is 0 Å². The molecule has 1 saturated carbocycles. The molecule has 1 aliphatic rings. The van der Waals surface area contributed by atoms with E-state index in [-0.39, 0.29) is 11.9 Å². The molecule has 16 heavy (non-hydrogen) atoms. The SMILES string of the molecule is N[C@H](CC1CC1)c1cc2ccc(F)cc2o1. The van der Waals surface area contributed by atoms with Crippen molar-refractivity contribution in [3.05, 3.63) is 35.8 Å².